The minimum Gasteiger partial charge on any atom is -0.484 e. The molecule has 0 bridgehead atoms. The van der Waals surface area contributed by atoms with Crippen LogP contribution >= 0.6 is 15.9 Å². The molecule has 1 atom stereocenters. The van der Waals surface area contributed by atoms with Crippen LogP contribution in [0.5, 0.6) is 5.75 Å². The summed E-state index contributed by atoms with van der Waals surface area (Å²) >= 11 is 3.40. The summed E-state index contributed by atoms with van der Waals surface area (Å²) in [5.74, 6) is 0.353. The average molecular weight is 487 g/mol. The Hall–Kier alpha value is -2.34. The number of aryl methyl sites for hydroxylation is 1. The summed E-state index contributed by atoms with van der Waals surface area (Å²) in [5.41, 5.74) is 2.15. The van der Waals surface area contributed by atoms with Crippen molar-refractivity contribution in [3.63, 3.8) is 0 Å². The van der Waals surface area contributed by atoms with Crippen LogP contribution in [0.4, 0.5) is 0 Å². The molecule has 6 heteroatoms. The number of nitrogens with one attached hydrogen (secondary N) is 1. The second-order valence-corrected chi connectivity index (χ2v) is 9.08. The smallest absolute Gasteiger partial charge is 0.261 e. The highest BCUT2D eigenvalue weighted by molar-refractivity contribution is 9.10. The van der Waals surface area contributed by atoms with Crippen LogP contribution in [0, 0.1) is 6.92 Å². The summed E-state index contributed by atoms with van der Waals surface area (Å²) in [6.45, 7) is 4.24. The maximum Gasteiger partial charge on any atom is 0.261 e. The van der Waals surface area contributed by atoms with Crippen LogP contribution < -0.4 is 10.1 Å². The topological polar surface area (TPSA) is 58.6 Å². The van der Waals surface area contributed by atoms with Crippen LogP contribution in [0.25, 0.3) is 0 Å². The Labute approximate surface area is 193 Å². The number of halogens is 1. The number of benzene rings is 2. The third kappa shape index (κ3) is 6.82. The van der Waals surface area contributed by atoms with Crippen molar-refractivity contribution in [2.24, 2.45) is 0 Å². The lowest BCUT2D eigenvalue weighted by molar-refractivity contribution is -0.143. The van der Waals surface area contributed by atoms with Crippen LogP contribution in [-0.4, -0.2) is 35.4 Å². The van der Waals surface area contributed by atoms with Gasteiger partial charge in [0.25, 0.3) is 5.91 Å². The van der Waals surface area contributed by atoms with E-state index in [1.165, 1.54) is 0 Å². The van der Waals surface area contributed by atoms with Crippen molar-refractivity contribution in [2.75, 3.05) is 6.61 Å². The molecular formula is C25H31BrN2O3. The first kappa shape index (κ1) is 23.3. The highest BCUT2D eigenvalue weighted by Crippen LogP contribution is 2.20. The first-order chi connectivity index (χ1) is 15.0. The second-order valence-electron chi connectivity index (χ2n) is 8.16. The van der Waals surface area contributed by atoms with E-state index in [4.69, 9.17) is 4.74 Å². The highest BCUT2D eigenvalue weighted by Gasteiger charge is 2.30. The Morgan fingerprint density at radius 3 is 2.35 bits per heavy atom. The first-order valence-electron chi connectivity index (χ1n) is 11.0. The van der Waals surface area contributed by atoms with Gasteiger partial charge in [0.15, 0.2) is 6.61 Å². The van der Waals surface area contributed by atoms with Gasteiger partial charge in [0, 0.05) is 17.1 Å². The van der Waals surface area contributed by atoms with Gasteiger partial charge >= 0.3 is 0 Å². The summed E-state index contributed by atoms with van der Waals surface area (Å²) in [7, 11) is 0. The number of rotatable bonds is 9. The number of carbonyl (C=O) groups is 2. The third-order valence-corrected chi connectivity index (χ3v) is 6.27. The molecule has 0 saturated heterocycles. The van der Waals surface area contributed by atoms with Crippen LogP contribution in [-0.2, 0) is 16.1 Å². The van der Waals surface area contributed by atoms with Gasteiger partial charge in [-0.15, -0.1) is 0 Å². The number of amides is 2. The Morgan fingerprint density at radius 1 is 1.10 bits per heavy atom. The van der Waals surface area contributed by atoms with E-state index in [1.54, 1.807) is 4.90 Å². The van der Waals surface area contributed by atoms with Gasteiger partial charge in [-0.1, -0.05) is 65.5 Å². The zero-order chi connectivity index (χ0) is 22.2. The predicted octanol–water partition coefficient (Wildman–Crippen LogP) is 5.00. The number of hydrogen-bond acceptors (Lipinski definition) is 3. The van der Waals surface area contributed by atoms with E-state index in [-0.39, 0.29) is 24.5 Å². The third-order valence-electron chi connectivity index (χ3n) is 5.74. The van der Waals surface area contributed by atoms with E-state index in [9.17, 15) is 9.59 Å². The van der Waals surface area contributed by atoms with Crippen molar-refractivity contribution in [2.45, 2.75) is 64.6 Å². The van der Waals surface area contributed by atoms with Crippen molar-refractivity contribution in [3.05, 3.63) is 64.1 Å². The standard InChI is InChI=1S/C25H31BrN2O3/c1-3-23(25(30)27-21-6-4-5-7-21)28(16-19-10-8-18(2)9-11-19)24(29)17-31-22-14-12-20(26)13-15-22/h8-15,21,23H,3-7,16-17H2,1-2H3,(H,27,30). The average Bonchev–Trinajstić information content (AvgIpc) is 3.27. The maximum atomic E-state index is 13.2. The van der Waals surface area contributed by atoms with Gasteiger partial charge in [-0.3, -0.25) is 9.59 Å². The zero-order valence-electron chi connectivity index (χ0n) is 18.3. The van der Waals surface area contributed by atoms with E-state index < -0.39 is 6.04 Å². The van der Waals surface area contributed by atoms with Crippen LogP contribution in [0.2, 0.25) is 0 Å². The van der Waals surface area contributed by atoms with Crippen LogP contribution in [0.1, 0.15) is 50.2 Å². The fourth-order valence-corrected chi connectivity index (χ4v) is 4.20. The summed E-state index contributed by atoms with van der Waals surface area (Å²) in [5, 5.41) is 3.16. The molecule has 1 aliphatic carbocycles. The highest BCUT2D eigenvalue weighted by atomic mass is 79.9. The van der Waals surface area contributed by atoms with Crippen molar-refractivity contribution < 1.29 is 14.3 Å². The van der Waals surface area contributed by atoms with Crippen molar-refractivity contribution in [1.82, 2.24) is 10.2 Å². The van der Waals surface area contributed by atoms with Crippen molar-refractivity contribution in [1.29, 1.82) is 0 Å². The van der Waals surface area contributed by atoms with E-state index in [2.05, 4.69) is 21.2 Å². The first-order valence-corrected chi connectivity index (χ1v) is 11.8. The zero-order valence-corrected chi connectivity index (χ0v) is 19.9. The van der Waals surface area contributed by atoms with Crippen molar-refractivity contribution >= 4 is 27.7 Å². The number of carbonyl (C=O) groups excluding carboxylic acids is 2. The van der Waals surface area contributed by atoms with Crippen LogP contribution in [0.3, 0.4) is 0 Å². The molecule has 2 aromatic rings. The molecule has 31 heavy (non-hydrogen) atoms. The molecule has 1 aliphatic rings. The molecule has 1 N–H and O–H groups in total. The molecule has 3 rings (SSSR count). The lowest BCUT2D eigenvalue weighted by Gasteiger charge is -2.31. The number of ether oxygens (including phenoxy) is 1. The minimum absolute atomic E-state index is 0.0708. The molecule has 0 radical (unpaired) electrons. The van der Waals surface area contributed by atoms with Gasteiger partial charge in [-0.25, -0.2) is 0 Å². The van der Waals surface area contributed by atoms with Gasteiger partial charge in [0.05, 0.1) is 0 Å². The maximum absolute atomic E-state index is 13.2. The number of nitrogens with zero attached hydrogens (tertiary/aromatic N) is 1. The molecule has 2 amide bonds. The van der Waals surface area contributed by atoms with E-state index in [0.29, 0.717) is 18.7 Å². The normalized spacial score (nSPS) is 14.8. The molecule has 0 aliphatic heterocycles. The largest absolute Gasteiger partial charge is 0.484 e. The Bertz CT molecular complexity index is 861. The molecule has 1 saturated carbocycles. The summed E-state index contributed by atoms with van der Waals surface area (Å²) in [6.07, 6.45) is 4.87. The molecule has 0 aromatic heterocycles. The van der Waals surface area contributed by atoms with Gasteiger partial charge < -0.3 is 15.0 Å². The van der Waals surface area contributed by atoms with Crippen molar-refractivity contribution in [3.8, 4) is 5.75 Å². The van der Waals surface area contributed by atoms with E-state index in [1.807, 2.05) is 62.4 Å². The summed E-state index contributed by atoms with van der Waals surface area (Å²) in [6, 6.07) is 15.1. The lowest BCUT2D eigenvalue weighted by Crippen LogP contribution is -2.52. The molecule has 166 valence electrons. The van der Waals surface area contributed by atoms with Gasteiger partial charge in [-0.2, -0.15) is 0 Å². The summed E-state index contributed by atoms with van der Waals surface area (Å²) in [4.78, 5) is 28.0. The van der Waals surface area contributed by atoms with Gasteiger partial charge in [-0.05, 0) is 56.0 Å². The Morgan fingerprint density at radius 2 is 1.74 bits per heavy atom. The molecule has 2 aromatic carbocycles. The molecular weight excluding hydrogens is 456 g/mol. The fraction of sp³-hybridized carbons (Fsp3) is 0.440. The predicted molar refractivity (Wildman–Crippen MR) is 126 cm³/mol. The molecule has 1 unspecified atom stereocenters. The molecule has 0 heterocycles. The quantitative estimate of drug-likeness (QED) is 0.542. The molecule has 1 fully saturated rings. The summed E-state index contributed by atoms with van der Waals surface area (Å²) < 4.78 is 6.67. The van der Waals surface area contributed by atoms with Gasteiger partial charge in [0.1, 0.15) is 11.8 Å². The second kappa shape index (κ2) is 11.3. The molecule has 5 nitrogen and oxygen atoms in total. The fourth-order valence-electron chi connectivity index (χ4n) is 3.94. The number of hydrogen-bond donors (Lipinski definition) is 1. The van der Waals surface area contributed by atoms with E-state index >= 15 is 0 Å². The lowest BCUT2D eigenvalue weighted by atomic mass is 10.1. The van der Waals surface area contributed by atoms with Gasteiger partial charge in [0.2, 0.25) is 5.91 Å². The molecule has 0 spiro atoms. The van der Waals surface area contributed by atoms with E-state index in [0.717, 1.165) is 41.3 Å². The minimum atomic E-state index is -0.525. The Kier molecular flexibility index (Phi) is 8.52. The monoisotopic (exact) mass is 486 g/mol. The van der Waals surface area contributed by atoms with Crippen LogP contribution in [0.15, 0.2) is 53.0 Å². The Balaban J connectivity index is 1.74. The SMILES string of the molecule is CCC(C(=O)NC1CCCC1)N(Cc1ccc(C)cc1)C(=O)COc1ccc(Br)cc1.